The van der Waals surface area contributed by atoms with Gasteiger partial charge in [-0.1, -0.05) is 52.5 Å². The second kappa shape index (κ2) is 10.5. The Kier molecular flexibility index (Phi) is 7.93. The van der Waals surface area contributed by atoms with Crippen LogP contribution in [0, 0.1) is 5.92 Å². The molecule has 1 fully saturated rings. The first-order valence-corrected chi connectivity index (χ1v) is 14.4. The lowest BCUT2D eigenvalue weighted by atomic mass is 9.66. The molecule has 0 spiro atoms. The highest BCUT2D eigenvalue weighted by atomic mass is 16.5. The van der Waals surface area contributed by atoms with E-state index in [0.29, 0.717) is 17.6 Å². The smallest absolute Gasteiger partial charge is 0.127 e. The number of hydrogen-bond acceptors (Lipinski definition) is 3. The summed E-state index contributed by atoms with van der Waals surface area (Å²) in [6, 6.07) is 4.31. The SMILES string of the molecule is CCCCCCC(C)(C)c1cc(O)c2c(c1)OC(C)(C)C1CC=C(C[N+]3(CCN)CCCC3)CC21. The van der Waals surface area contributed by atoms with Gasteiger partial charge in [0, 0.05) is 36.8 Å². The molecule has 1 aromatic rings. The van der Waals surface area contributed by atoms with E-state index in [4.69, 9.17) is 10.5 Å². The number of phenols is 1. The van der Waals surface area contributed by atoms with E-state index in [1.165, 1.54) is 57.2 Å². The normalized spacial score (nSPS) is 24.9. The summed E-state index contributed by atoms with van der Waals surface area (Å²) in [5.74, 6) is 2.06. The number of hydrogen-bond donors (Lipinski definition) is 2. The molecule has 1 aliphatic carbocycles. The van der Waals surface area contributed by atoms with Crippen LogP contribution in [0.15, 0.2) is 23.8 Å². The molecule has 1 saturated heterocycles. The lowest BCUT2D eigenvalue weighted by Crippen LogP contribution is -2.51. The molecule has 0 amide bonds. The van der Waals surface area contributed by atoms with Crippen molar-refractivity contribution >= 4 is 0 Å². The van der Waals surface area contributed by atoms with Crippen molar-refractivity contribution in [2.75, 3.05) is 32.7 Å². The monoisotopic (exact) mass is 483 g/mol. The maximum absolute atomic E-state index is 11.4. The number of aromatic hydroxyl groups is 1. The molecule has 0 bridgehead atoms. The maximum Gasteiger partial charge on any atom is 0.127 e. The fourth-order valence-corrected chi connectivity index (χ4v) is 7.30. The van der Waals surface area contributed by atoms with Crippen molar-refractivity contribution in [1.82, 2.24) is 0 Å². The highest BCUT2D eigenvalue weighted by Crippen LogP contribution is 2.55. The Labute approximate surface area is 214 Å². The quantitative estimate of drug-likeness (QED) is 0.219. The fourth-order valence-electron chi connectivity index (χ4n) is 7.30. The Morgan fingerprint density at radius 3 is 2.57 bits per heavy atom. The van der Waals surface area contributed by atoms with Gasteiger partial charge in [0.1, 0.15) is 23.6 Å². The first-order chi connectivity index (χ1) is 16.6. The van der Waals surface area contributed by atoms with Crippen LogP contribution in [0.2, 0.25) is 0 Å². The van der Waals surface area contributed by atoms with Crippen LogP contribution in [-0.2, 0) is 5.41 Å². The minimum Gasteiger partial charge on any atom is -0.508 e. The molecule has 3 N–H and O–H groups in total. The maximum atomic E-state index is 11.4. The molecular weight excluding hydrogens is 432 g/mol. The Balaban J connectivity index is 1.60. The van der Waals surface area contributed by atoms with E-state index in [-0.39, 0.29) is 11.0 Å². The molecule has 1 aromatic carbocycles. The molecule has 35 heavy (non-hydrogen) atoms. The van der Waals surface area contributed by atoms with E-state index >= 15 is 0 Å². The lowest BCUT2D eigenvalue weighted by Gasteiger charge is -2.48. The molecule has 3 aliphatic rings. The fraction of sp³-hybridized carbons (Fsp3) is 0.742. The number of quaternary nitrogens is 1. The standard InChI is InChI=1S/C31H50N2O2/c1-6-7-8-9-14-30(2,3)24-20-27(34)29-25-19-23(22-33(18-15-32)16-10-11-17-33)12-13-26(25)31(4,5)35-28(29)21-24/h12,20-21,25-26H,6-11,13-19,22,32H2,1-5H3/p+1. The molecule has 2 heterocycles. The molecule has 2 atom stereocenters. The summed E-state index contributed by atoms with van der Waals surface area (Å²) in [5.41, 5.74) is 9.63. The summed E-state index contributed by atoms with van der Waals surface area (Å²) in [4.78, 5) is 0. The van der Waals surface area contributed by atoms with Crippen molar-refractivity contribution in [3.05, 3.63) is 34.9 Å². The van der Waals surface area contributed by atoms with E-state index in [2.05, 4.69) is 52.8 Å². The Hall–Kier alpha value is -1.52. The molecular formula is C31H51N2O2+. The molecule has 196 valence electrons. The summed E-state index contributed by atoms with van der Waals surface area (Å²) in [6.07, 6.45) is 13.4. The number of ether oxygens (including phenoxy) is 1. The topological polar surface area (TPSA) is 55.5 Å². The van der Waals surface area contributed by atoms with Crippen LogP contribution < -0.4 is 10.5 Å². The van der Waals surface area contributed by atoms with Crippen LogP contribution >= 0.6 is 0 Å². The zero-order valence-corrected chi connectivity index (χ0v) is 23.2. The van der Waals surface area contributed by atoms with Gasteiger partial charge >= 0.3 is 0 Å². The van der Waals surface area contributed by atoms with Crippen LogP contribution in [0.4, 0.5) is 0 Å². The van der Waals surface area contributed by atoms with Gasteiger partial charge in [-0.05, 0) is 61.8 Å². The van der Waals surface area contributed by atoms with Gasteiger partial charge in [0.2, 0.25) is 0 Å². The van der Waals surface area contributed by atoms with Gasteiger partial charge in [0.25, 0.3) is 0 Å². The van der Waals surface area contributed by atoms with Gasteiger partial charge in [-0.2, -0.15) is 0 Å². The van der Waals surface area contributed by atoms with Crippen LogP contribution in [0.25, 0.3) is 0 Å². The van der Waals surface area contributed by atoms with Gasteiger partial charge in [0.15, 0.2) is 0 Å². The van der Waals surface area contributed by atoms with Crippen molar-refractivity contribution in [2.45, 2.75) is 109 Å². The highest BCUT2D eigenvalue weighted by Gasteiger charge is 2.47. The first-order valence-electron chi connectivity index (χ1n) is 14.4. The first kappa shape index (κ1) is 26.5. The molecule has 2 aliphatic heterocycles. The van der Waals surface area contributed by atoms with Gasteiger partial charge in [-0.3, -0.25) is 0 Å². The number of nitrogens with zero attached hydrogens (tertiary/aromatic N) is 1. The lowest BCUT2D eigenvalue weighted by molar-refractivity contribution is -0.911. The second-order valence-electron chi connectivity index (χ2n) is 13.0. The summed E-state index contributed by atoms with van der Waals surface area (Å²) in [7, 11) is 0. The van der Waals surface area contributed by atoms with E-state index in [1.807, 2.05) is 0 Å². The summed E-state index contributed by atoms with van der Waals surface area (Å²) < 4.78 is 7.82. The summed E-state index contributed by atoms with van der Waals surface area (Å²) in [6.45, 7) is 16.9. The number of phenolic OH excluding ortho intramolecular Hbond substituents is 1. The Morgan fingerprint density at radius 2 is 1.89 bits per heavy atom. The van der Waals surface area contributed by atoms with Crippen LogP contribution in [0.1, 0.15) is 109 Å². The van der Waals surface area contributed by atoms with Crippen molar-refractivity contribution in [3.8, 4) is 11.5 Å². The Bertz CT molecular complexity index is 911. The highest BCUT2D eigenvalue weighted by molar-refractivity contribution is 5.54. The third kappa shape index (κ3) is 5.59. The van der Waals surface area contributed by atoms with E-state index in [1.54, 1.807) is 5.57 Å². The van der Waals surface area contributed by atoms with E-state index in [9.17, 15) is 5.11 Å². The van der Waals surface area contributed by atoms with Crippen molar-refractivity contribution in [2.24, 2.45) is 11.7 Å². The molecule has 4 rings (SSSR count). The van der Waals surface area contributed by atoms with Gasteiger partial charge < -0.3 is 20.1 Å². The number of allylic oxidation sites excluding steroid dienone is 1. The van der Waals surface area contributed by atoms with Gasteiger partial charge in [-0.25, -0.2) is 0 Å². The largest absolute Gasteiger partial charge is 0.508 e. The third-order valence-electron chi connectivity index (χ3n) is 9.48. The molecule has 4 nitrogen and oxygen atoms in total. The number of nitrogens with two attached hydrogens (primary N) is 1. The van der Waals surface area contributed by atoms with Crippen LogP contribution in [0.5, 0.6) is 11.5 Å². The number of rotatable bonds is 10. The minimum absolute atomic E-state index is 0.0246. The average Bonchev–Trinajstić information content (AvgIpc) is 3.24. The summed E-state index contributed by atoms with van der Waals surface area (Å²) in [5, 5.41) is 11.4. The molecule has 0 saturated carbocycles. The second-order valence-corrected chi connectivity index (χ2v) is 13.0. The Morgan fingerprint density at radius 1 is 1.14 bits per heavy atom. The van der Waals surface area contributed by atoms with Crippen molar-refractivity contribution in [1.29, 1.82) is 0 Å². The van der Waals surface area contributed by atoms with Crippen molar-refractivity contribution < 1.29 is 14.3 Å². The predicted molar refractivity (Wildman–Crippen MR) is 146 cm³/mol. The predicted octanol–water partition coefficient (Wildman–Crippen LogP) is 6.80. The van der Waals surface area contributed by atoms with Crippen LogP contribution in [-0.4, -0.2) is 47.9 Å². The number of unbranched alkanes of at least 4 members (excludes halogenated alkanes) is 3. The van der Waals surface area contributed by atoms with E-state index < -0.39 is 0 Å². The third-order valence-corrected chi connectivity index (χ3v) is 9.48. The molecule has 4 heteroatoms. The average molecular weight is 484 g/mol. The van der Waals surface area contributed by atoms with Crippen LogP contribution in [0.3, 0.4) is 0 Å². The minimum atomic E-state index is -0.243. The zero-order valence-electron chi connectivity index (χ0n) is 23.2. The van der Waals surface area contributed by atoms with E-state index in [0.717, 1.165) is 54.7 Å². The zero-order chi connectivity index (χ0) is 25.3. The number of likely N-dealkylation sites (tertiary alicyclic amines) is 1. The van der Waals surface area contributed by atoms with Gasteiger partial charge in [0.05, 0.1) is 19.6 Å². The molecule has 0 radical (unpaired) electrons. The summed E-state index contributed by atoms with van der Waals surface area (Å²) >= 11 is 0. The number of benzene rings is 1. The molecule has 2 unspecified atom stereocenters. The van der Waals surface area contributed by atoms with Gasteiger partial charge in [-0.15, -0.1) is 0 Å². The molecule has 0 aromatic heterocycles. The number of fused-ring (bicyclic) bond motifs is 3. The van der Waals surface area contributed by atoms with Crippen molar-refractivity contribution in [3.63, 3.8) is 0 Å².